The third-order valence-electron chi connectivity index (χ3n) is 2.43. The molecule has 2 unspecified atom stereocenters. The lowest BCUT2D eigenvalue weighted by Crippen LogP contribution is -2.27. The lowest BCUT2D eigenvalue weighted by Gasteiger charge is -2.08. The molecule has 0 aliphatic carbocycles. The number of halogens is 1. The highest BCUT2D eigenvalue weighted by Crippen LogP contribution is 2.11. The van der Waals surface area contributed by atoms with Crippen molar-refractivity contribution in [3.63, 3.8) is 0 Å². The molecular weight excluding hydrogens is 232 g/mol. The molecule has 0 aromatic carbocycles. The molecule has 2 heterocycles. The minimum Gasteiger partial charge on any atom is -0.313 e. The molecule has 84 valence electrons. The molecule has 0 radical (unpaired) electrons. The highest BCUT2D eigenvalue weighted by Gasteiger charge is 2.17. The maximum absolute atomic E-state index is 11.8. The maximum atomic E-state index is 11.8. The molecule has 1 fully saturated rings. The van der Waals surface area contributed by atoms with Crippen molar-refractivity contribution in [3.05, 3.63) is 24.5 Å². The summed E-state index contributed by atoms with van der Waals surface area (Å²) < 4.78 is 11.8. The van der Waals surface area contributed by atoms with E-state index in [1.807, 2.05) is 12.1 Å². The first-order chi connectivity index (χ1) is 6.86. The zero-order chi connectivity index (χ0) is 9.80. The number of nitrogens with zero attached hydrogens (tertiary/aromatic N) is 1. The Kier molecular flexibility index (Phi) is 5.22. The van der Waals surface area contributed by atoms with Gasteiger partial charge >= 0.3 is 0 Å². The molecule has 0 bridgehead atoms. The Labute approximate surface area is 98.5 Å². The lowest BCUT2D eigenvalue weighted by atomic mass is 10.3. The van der Waals surface area contributed by atoms with Crippen LogP contribution >= 0.6 is 12.4 Å². The number of pyridine rings is 1. The van der Waals surface area contributed by atoms with E-state index in [-0.39, 0.29) is 12.4 Å². The van der Waals surface area contributed by atoms with E-state index >= 15 is 0 Å². The molecule has 0 amide bonds. The van der Waals surface area contributed by atoms with E-state index in [2.05, 4.69) is 10.3 Å². The second kappa shape index (κ2) is 6.20. The molecule has 3 nitrogen and oxygen atoms in total. The van der Waals surface area contributed by atoms with E-state index < -0.39 is 10.8 Å². The van der Waals surface area contributed by atoms with Gasteiger partial charge in [-0.25, -0.2) is 0 Å². The summed E-state index contributed by atoms with van der Waals surface area (Å²) in [6.07, 6.45) is 5.74. The number of rotatable bonds is 3. The number of nitrogens with one attached hydrogen (secondary N) is 1. The van der Waals surface area contributed by atoms with Crippen molar-refractivity contribution in [2.45, 2.75) is 23.8 Å². The van der Waals surface area contributed by atoms with E-state index in [0.29, 0.717) is 6.04 Å². The second-order valence-corrected chi connectivity index (χ2v) is 4.98. The molecule has 2 atom stereocenters. The average molecular weight is 247 g/mol. The Morgan fingerprint density at radius 1 is 1.47 bits per heavy atom. The highest BCUT2D eigenvalue weighted by molar-refractivity contribution is 7.85. The van der Waals surface area contributed by atoms with Gasteiger partial charge in [-0.1, -0.05) is 0 Å². The van der Waals surface area contributed by atoms with Crippen molar-refractivity contribution >= 4 is 23.2 Å². The molecule has 2 rings (SSSR count). The third-order valence-corrected chi connectivity index (χ3v) is 3.93. The van der Waals surface area contributed by atoms with Crippen molar-refractivity contribution in [1.82, 2.24) is 10.3 Å². The minimum atomic E-state index is -0.876. The van der Waals surface area contributed by atoms with Gasteiger partial charge in [0, 0.05) is 29.1 Å². The van der Waals surface area contributed by atoms with Gasteiger partial charge in [-0.3, -0.25) is 9.19 Å². The normalized spacial score (nSPS) is 22.0. The quantitative estimate of drug-likeness (QED) is 0.876. The summed E-state index contributed by atoms with van der Waals surface area (Å²) in [6, 6.07) is 4.08. The monoisotopic (exact) mass is 246 g/mol. The standard InChI is InChI=1S/C10H14N2OS.ClH/c13-14(8-9-2-1-5-12-9)10-3-6-11-7-4-10;/h3-4,6-7,9,12H,1-2,5,8H2;1H. The molecule has 1 saturated heterocycles. The number of hydrogen-bond acceptors (Lipinski definition) is 3. The molecule has 5 heteroatoms. The van der Waals surface area contributed by atoms with Crippen molar-refractivity contribution in [3.8, 4) is 0 Å². The smallest absolute Gasteiger partial charge is 0.0546 e. The molecule has 0 saturated carbocycles. The van der Waals surface area contributed by atoms with Gasteiger partial charge in [0.25, 0.3) is 0 Å². The second-order valence-electron chi connectivity index (χ2n) is 3.49. The summed E-state index contributed by atoms with van der Waals surface area (Å²) >= 11 is 0. The van der Waals surface area contributed by atoms with Crippen LogP contribution in [0.25, 0.3) is 0 Å². The lowest BCUT2D eigenvalue weighted by molar-refractivity contribution is 0.643. The predicted octanol–water partition coefficient (Wildman–Crippen LogP) is 1.36. The zero-order valence-corrected chi connectivity index (χ0v) is 10.0. The van der Waals surface area contributed by atoms with Gasteiger partial charge in [-0.2, -0.15) is 0 Å². The third kappa shape index (κ3) is 3.55. The summed E-state index contributed by atoms with van der Waals surface area (Å²) in [4.78, 5) is 4.79. The average Bonchev–Trinajstić information content (AvgIpc) is 2.72. The van der Waals surface area contributed by atoms with Gasteiger partial charge in [-0.05, 0) is 31.5 Å². The van der Waals surface area contributed by atoms with Crippen molar-refractivity contribution in [2.24, 2.45) is 0 Å². The first-order valence-corrected chi connectivity index (χ1v) is 6.20. The van der Waals surface area contributed by atoms with Gasteiger partial charge in [0.05, 0.1) is 10.8 Å². The molecular formula is C10H15ClN2OS. The van der Waals surface area contributed by atoms with E-state index in [1.54, 1.807) is 12.4 Å². The van der Waals surface area contributed by atoms with Crippen molar-refractivity contribution < 1.29 is 4.21 Å². The van der Waals surface area contributed by atoms with Crippen LogP contribution in [0.3, 0.4) is 0 Å². The van der Waals surface area contributed by atoms with Crippen LogP contribution in [0.4, 0.5) is 0 Å². The molecule has 1 N–H and O–H groups in total. The number of aromatic nitrogens is 1. The van der Waals surface area contributed by atoms with Gasteiger partial charge in [0.2, 0.25) is 0 Å². The van der Waals surface area contributed by atoms with Crippen molar-refractivity contribution in [1.29, 1.82) is 0 Å². The molecule has 1 aliphatic heterocycles. The SMILES string of the molecule is Cl.O=S(CC1CCCN1)c1ccncc1. The van der Waals surface area contributed by atoms with Crippen LogP contribution in [-0.4, -0.2) is 27.5 Å². The molecule has 1 aromatic rings. The van der Waals surface area contributed by atoms with Gasteiger partial charge < -0.3 is 5.32 Å². The van der Waals surface area contributed by atoms with Crippen LogP contribution < -0.4 is 5.32 Å². The van der Waals surface area contributed by atoms with Crippen LogP contribution in [0.1, 0.15) is 12.8 Å². The topological polar surface area (TPSA) is 42.0 Å². The Balaban J connectivity index is 0.00000112. The van der Waals surface area contributed by atoms with Gasteiger partial charge in [-0.15, -0.1) is 12.4 Å². The van der Waals surface area contributed by atoms with Crippen LogP contribution in [0.5, 0.6) is 0 Å². The Morgan fingerprint density at radius 2 is 2.20 bits per heavy atom. The Bertz CT molecular complexity index is 314. The van der Waals surface area contributed by atoms with Gasteiger partial charge in [0.1, 0.15) is 0 Å². The Morgan fingerprint density at radius 3 is 2.80 bits per heavy atom. The van der Waals surface area contributed by atoms with Crippen molar-refractivity contribution in [2.75, 3.05) is 12.3 Å². The summed E-state index contributed by atoms with van der Waals surface area (Å²) in [5.41, 5.74) is 0. The van der Waals surface area contributed by atoms with E-state index in [0.717, 1.165) is 23.6 Å². The van der Waals surface area contributed by atoms with Crippen LogP contribution in [-0.2, 0) is 10.8 Å². The zero-order valence-electron chi connectivity index (χ0n) is 8.39. The van der Waals surface area contributed by atoms with Crippen LogP contribution in [0, 0.1) is 0 Å². The predicted molar refractivity (Wildman–Crippen MR) is 63.8 cm³/mol. The maximum Gasteiger partial charge on any atom is 0.0546 e. The van der Waals surface area contributed by atoms with Gasteiger partial charge in [0.15, 0.2) is 0 Å². The molecule has 1 aromatic heterocycles. The van der Waals surface area contributed by atoms with E-state index in [1.165, 1.54) is 6.42 Å². The summed E-state index contributed by atoms with van der Waals surface area (Å²) in [5, 5.41) is 3.35. The summed E-state index contributed by atoms with van der Waals surface area (Å²) in [6.45, 7) is 1.07. The fourth-order valence-electron chi connectivity index (χ4n) is 1.67. The summed E-state index contributed by atoms with van der Waals surface area (Å²) in [7, 11) is -0.876. The first-order valence-electron chi connectivity index (χ1n) is 4.88. The molecule has 15 heavy (non-hydrogen) atoms. The van der Waals surface area contributed by atoms with Crippen LogP contribution in [0.2, 0.25) is 0 Å². The fourth-order valence-corrected chi connectivity index (χ4v) is 2.94. The minimum absolute atomic E-state index is 0. The first kappa shape index (κ1) is 12.6. The fraction of sp³-hybridized carbons (Fsp3) is 0.500. The largest absolute Gasteiger partial charge is 0.313 e. The Hall–Kier alpha value is -0.450. The van der Waals surface area contributed by atoms with E-state index in [9.17, 15) is 4.21 Å². The van der Waals surface area contributed by atoms with E-state index in [4.69, 9.17) is 0 Å². The molecule has 0 spiro atoms. The highest BCUT2D eigenvalue weighted by atomic mass is 35.5. The number of hydrogen-bond donors (Lipinski definition) is 1. The summed E-state index contributed by atoms with van der Waals surface area (Å²) in [5.74, 6) is 0.726. The molecule has 1 aliphatic rings. The van der Waals surface area contributed by atoms with Crippen LogP contribution in [0.15, 0.2) is 29.4 Å².